The van der Waals surface area contributed by atoms with Crippen molar-refractivity contribution < 1.29 is 13.2 Å². The summed E-state index contributed by atoms with van der Waals surface area (Å²) < 4.78 is 35.2. The zero-order chi connectivity index (χ0) is 9.07. The molecule has 0 aliphatic rings. The van der Waals surface area contributed by atoms with E-state index in [1.165, 1.54) is 6.08 Å². The molecule has 3 heteroatoms. The zero-order valence-electron chi connectivity index (χ0n) is 6.20. The molecule has 0 heterocycles. The Hall–Kier alpha value is -0.990. The Labute approximate surface area is 63.7 Å². The summed E-state index contributed by atoms with van der Waals surface area (Å²) in [7, 11) is 0. The Kier molecular flexibility index (Phi) is 3.11. The van der Waals surface area contributed by atoms with Crippen LogP contribution in [0.2, 0.25) is 0 Å². The van der Waals surface area contributed by atoms with Crippen molar-refractivity contribution in [2.45, 2.75) is 13.1 Å². The van der Waals surface area contributed by atoms with Crippen LogP contribution in [0.1, 0.15) is 6.92 Å². The molecule has 0 aliphatic carbocycles. The summed E-state index contributed by atoms with van der Waals surface area (Å²) in [6.07, 6.45) is -2.15. The van der Waals surface area contributed by atoms with Crippen molar-refractivity contribution in [1.29, 1.82) is 0 Å². The highest BCUT2D eigenvalue weighted by Crippen LogP contribution is 2.24. The topological polar surface area (TPSA) is 0 Å². The quantitative estimate of drug-likeness (QED) is 0.547. The van der Waals surface area contributed by atoms with Gasteiger partial charge in [0.05, 0.1) is 0 Å². The van der Waals surface area contributed by atoms with Crippen molar-refractivity contribution in [2.24, 2.45) is 0 Å². The van der Waals surface area contributed by atoms with Crippen LogP contribution in [0, 0.1) is 0 Å². The van der Waals surface area contributed by atoms with Crippen LogP contribution in [0.25, 0.3) is 0 Å². The molecule has 0 aromatic carbocycles. The number of rotatable bonds is 2. The lowest BCUT2D eigenvalue weighted by molar-refractivity contribution is -0.0878. The van der Waals surface area contributed by atoms with Crippen LogP contribution in [0.4, 0.5) is 13.2 Å². The summed E-state index contributed by atoms with van der Waals surface area (Å²) in [6.45, 7) is 7.87. The number of alkyl halides is 3. The highest BCUT2D eigenvalue weighted by molar-refractivity contribution is 5.25. The molecule has 0 aliphatic heterocycles. The molecular weight excluding hydrogens is 153 g/mol. The second-order valence-corrected chi connectivity index (χ2v) is 2.20. The van der Waals surface area contributed by atoms with E-state index in [2.05, 4.69) is 13.2 Å². The van der Waals surface area contributed by atoms with Gasteiger partial charge in [0.15, 0.2) is 0 Å². The summed E-state index contributed by atoms with van der Waals surface area (Å²) in [5.41, 5.74) is -0.295. The van der Waals surface area contributed by atoms with Gasteiger partial charge in [0.25, 0.3) is 0 Å². The fraction of sp³-hybridized carbons (Fsp3) is 0.250. The number of hydrogen-bond donors (Lipinski definition) is 0. The Morgan fingerprint density at radius 1 is 1.18 bits per heavy atom. The first-order valence-corrected chi connectivity index (χ1v) is 2.93. The van der Waals surface area contributed by atoms with E-state index in [9.17, 15) is 13.2 Å². The number of halogens is 3. The lowest BCUT2D eigenvalue weighted by Crippen LogP contribution is -2.08. The summed E-state index contributed by atoms with van der Waals surface area (Å²) in [5, 5.41) is 0. The monoisotopic (exact) mass is 162 g/mol. The van der Waals surface area contributed by atoms with Gasteiger partial charge in [-0.3, -0.25) is 0 Å². The molecule has 0 bridgehead atoms. The average molecular weight is 162 g/mol. The molecule has 0 unspecified atom stereocenters. The molecule has 62 valence electrons. The lowest BCUT2D eigenvalue weighted by atomic mass is 10.2. The maximum absolute atomic E-state index is 11.7. The van der Waals surface area contributed by atoms with Crippen LogP contribution in [0.3, 0.4) is 0 Å². The van der Waals surface area contributed by atoms with E-state index in [1.54, 1.807) is 6.92 Å². The molecular formula is C8H9F3. The fourth-order valence-corrected chi connectivity index (χ4v) is 0.337. The van der Waals surface area contributed by atoms with E-state index < -0.39 is 11.7 Å². The molecule has 0 nitrogen and oxygen atoms in total. The zero-order valence-corrected chi connectivity index (χ0v) is 6.20. The third-order valence-corrected chi connectivity index (χ3v) is 0.933. The van der Waals surface area contributed by atoms with Crippen LogP contribution in [0.5, 0.6) is 0 Å². The minimum absolute atomic E-state index is 0.565. The van der Waals surface area contributed by atoms with Crippen molar-refractivity contribution >= 4 is 0 Å². The van der Waals surface area contributed by atoms with Crippen molar-refractivity contribution in [3.05, 3.63) is 36.5 Å². The first-order valence-electron chi connectivity index (χ1n) is 2.93. The maximum atomic E-state index is 11.7. The highest BCUT2D eigenvalue weighted by atomic mass is 19.4. The normalized spacial score (nSPS) is 12.0. The Bertz CT molecular complexity index is 196. The van der Waals surface area contributed by atoms with E-state index >= 15 is 0 Å². The Balaban J connectivity index is 4.20. The van der Waals surface area contributed by atoms with Crippen LogP contribution in [-0.2, 0) is 0 Å². The van der Waals surface area contributed by atoms with Crippen LogP contribution < -0.4 is 0 Å². The summed E-state index contributed by atoms with van der Waals surface area (Å²) in [4.78, 5) is 0. The SMILES string of the molecule is C=C(C)C=CC(=C)C(F)(F)F. The molecule has 0 spiro atoms. The summed E-state index contributed by atoms with van der Waals surface area (Å²) in [5.74, 6) is 0. The Morgan fingerprint density at radius 2 is 1.64 bits per heavy atom. The molecule has 11 heavy (non-hydrogen) atoms. The van der Waals surface area contributed by atoms with Crippen molar-refractivity contribution in [2.75, 3.05) is 0 Å². The molecule has 0 saturated heterocycles. The predicted octanol–water partition coefficient (Wildman–Crippen LogP) is 3.24. The lowest BCUT2D eigenvalue weighted by Gasteiger charge is -2.03. The van der Waals surface area contributed by atoms with Gasteiger partial charge in [-0.2, -0.15) is 13.2 Å². The van der Waals surface area contributed by atoms with Crippen LogP contribution >= 0.6 is 0 Å². The molecule has 0 aromatic heterocycles. The molecule has 0 radical (unpaired) electrons. The number of hydrogen-bond acceptors (Lipinski definition) is 0. The van der Waals surface area contributed by atoms with Crippen molar-refractivity contribution in [1.82, 2.24) is 0 Å². The van der Waals surface area contributed by atoms with Gasteiger partial charge in [0.2, 0.25) is 0 Å². The first kappa shape index (κ1) is 10.0. The van der Waals surface area contributed by atoms with E-state index in [1.807, 2.05) is 0 Å². The molecule has 0 rings (SSSR count). The summed E-state index contributed by atoms with van der Waals surface area (Å²) in [6, 6.07) is 0. The molecule has 0 saturated carbocycles. The van der Waals surface area contributed by atoms with Gasteiger partial charge in [-0.25, -0.2) is 0 Å². The average Bonchev–Trinajstić information content (AvgIpc) is 1.80. The van der Waals surface area contributed by atoms with E-state index in [4.69, 9.17) is 0 Å². The van der Waals surface area contributed by atoms with Crippen LogP contribution in [-0.4, -0.2) is 6.18 Å². The van der Waals surface area contributed by atoms with Crippen LogP contribution in [0.15, 0.2) is 36.5 Å². The van der Waals surface area contributed by atoms with Gasteiger partial charge in [0.1, 0.15) is 0 Å². The second-order valence-electron chi connectivity index (χ2n) is 2.20. The van der Waals surface area contributed by atoms with Crippen molar-refractivity contribution in [3.8, 4) is 0 Å². The highest BCUT2D eigenvalue weighted by Gasteiger charge is 2.29. The van der Waals surface area contributed by atoms with Gasteiger partial charge in [-0.05, 0) is 6.92 Å². The van der Waals surface area contributed by atoms with Gasteiger partial charge in [0, 0.05) is 5.57 Å². The van der Waals surface area contributed by atoms with E-state index in [0.717, 1.165) is 6.08 Å². The Morgan fingerprint density at radius 3 is 1.91 bits per heavy atom. The van der Waals surface area contributed by atoms with Gasteiger partial charge in [-0.15, -0.1) is 0 Å². The predicted molar refractivity (Wildman–Crippen MR) is 39.1 cm³/mol. The fourth-order valence-electron chi connectivity index (χ4n) is 0.337. The molecule has 0 atom stereocenters. The van der Waals surface area contributed by atoms with E-state index in [-0.39, 0.29) is 0 Å². The molecule has 0 N–H and O–H groups in total. The maximum Gasteiger partial charge on any atom is 0.415 e. The number of allylic oxidation sites excluding steroid dienone is 4. The third-order valence-electron chi connectivity index (χ3n) is 0.933. The first-order chi connectivity index (χ1) is 4.84. The largest absolute Gasteiger partial charge is 0.415 e. The van der Waals surface area contributed by atoms with Crippen molar-refractivity contribution in [3.63, 3.8) is 0 Å². The minimum Gasteiger partial charge on any atom is -0.166 e. The standard InChI is InChI=1S/C8H9F3/c1-6(2)4-5-7(3)8(9,10)11/h4-5H,1,3H2,2H3. The second kappa shape index (κ2) is 3.42. The summed E-state index contributed by atoms with van der Waals surface area (Å²) >= 11 is 0. The molecule has 0 amide bonds. The van der Waals surface area contributed by atoms with Gasteiger partial charge >= 0.3 is 6.18 Å². The third kappa shape index (κ3) is 4.42. The van der Waals surface area contributed by atoms with E-state index in [0.29, 0.717) is 5.57 Å². The molecule has 0 aromatic rings. The van der Waals surface area contributed by atoms with Gasteiger partial charge in [-0.1, -0.05) is 30.9 Å². The van der Waals surface area contributed by atoms with Gasteiger partial charge < -0.3 is 0 Å². The smallest absolute Gasteiger partial charge is 0.166 e. The minimum atomic E-state index is -4.33. The molecule has 0 fully saturated rings.